The van der Waals surface area contributed by atoms with Gasteiger partial charge in [-0.1, -0.05) is 6.92 Å². The Hall–Kier alpha value is -1.86. The van der Waals surface area contributed by atoms with Gasteiger partial charge in [0, 0.05) is 13.1 Å². The van der Waals surface area contributed by atoms with E-state index >= 15 is 0 Å². The molecule has 21 heavy (non-hydrogen) atoms. The average molecular weight is 310 g/mol. The SMILES string of the molecule is CCN(N)CC(=O)N1CCCC1C#N.O=C(O)C(F)(F)F. The van der Waals surface area contributed by atoms with Gasteiger partial charge in [0.25, 0.3) is 0 Å². The fraction of sp³-hybridized carbons (Fsp3) is 0.727. The summed E-state index contributed by atoms with van der Waals surface area (Å²) in [6, 6.07) is 1.89. The Kier molecular flexibility index (Phi) is 7.69. The first-order chi connectivity index (χ1) is 9.63. The molecule has 0 saturated carbocycles. The van der Waals surface area contributed by atoms with Crippen LogP contribution in [0.25, 0.3) is 0 Å². The first-order valence-corrected chi connectivity index (χ1v) is 6.12. The van der Waals surface area contributed by atoms with Gasteiger partial charge in [-0.2, -0.15) is 18.4 Å². The lowest BCUT2D eigenvalue weighted by Crippen LogP contribution is -2.44. The number of halogens is 3. The number of carboxylic acids is 1. The normalized spacial score (nSPS) is 18.0. The van der Waals surface area contributed by atoms with E-state index in [1.54, 1.807) is 4.90 Å². The molecule has 0 aromatic rings. The molecule has 1 amide bonds. The molecular weight excluding hydrogens is 293 g/mol. The number of likely N-dealkylation sites (tertiary alicyclic amines) is 1. The Bertz CT molecular complexity index is 408. The van der Waals surface area contributed by atoms with Crippen LogP contribution in [0.1, 0.15) is 19.8 Å². The summed E-state index contributed by atoms with van der Waals surface area (Å²) in [5.74, 6) is 2.73. The molecule has 120 valence electrons. The molecule has 1 unspecified atom stereocenters. The maximum Gasteiger partial charge on any atom is 0.490 e. The van der Waals surface area contributed by atoms with Crippen LogP contribution in [0.3, 0.4) is 0 Å². The van der Waals surface area contributed by atoms with E-state index in [1.807, 2.05) is 6.92 Å². The summed E-state index contributed by atoms with van der Waals surface area (Å²) in [6.07, 6.45) is -3.38. The first-order valence-electron chi connectivity index (χ1n) is 6.12. The number of hydrogen-bond donors (Lipinski definition) is 2. The lowest BCUT2D eigenvalue weighted by Gasteiger charge is -2.22. The predicted octanol–water partition coefficient (Wildman–Crippen LogP) is 0.330. The number of likely N-dealkylation sites (N-methyl/N-ethyl adjacent to an activating group) is 1. The lowest BCUT2D eigenvalue weighted by atomic mass is 10.2. The molecular formula is C11H17F3N4O3. The van der Waals surface area contributed by atoms with Crippen LogP contribution in [0.5, 0.6) is 0 Å². The van der Waals surface area contributed by atoms with E-state index in [1.165, 1.54) is 5.01 Å². The third kappa shape index (κ3) is 6.92. The Morgan fingerprint density at radius 2 is 2.05 bits per heavy atom. The maximum atomic E-state index is 11.6. The Labute approximate surface area is 119 Å². The van der Waals surface area contributed by atoms with E-state index in [2.05, 4.69) is 6.07 Å². The van der Waals surface area contributed by atoms with Crippen molar-refractivity contribution in [2.24, 2.45) is 5.84 Å². The largest absolute Gasteiger partial charge is 0.490 e. The zero-order valence-electron chi connectivity index (χ0n) is 11.4. The molecule has 0 bridgehead atoms. The minimum Gasteiger partial charge on any atom is -0.475 e. The number of hydrazine groups is 1. The molecule has 1 fully saturated rings. The van der Waals surface area contributed by atoms with Gasteiger partial charge in [0.15, 0.2) is 0 Å². The van der Waals surface area contributed by atoms with Crippen molar-refractivity contribution in [1.82, 2.24) is 9.91 Å². The van der Waals surface area contributed by atoms with Gasteiger partial charge in [-0.3, -0.25) is 10.6 Å². The second kappa shape index (κ2) is 8.43. The van der Waals surface area contributed by atoms with Gasteiger partial charge in [0.2, 0.25) is 5.91 Å². The van der Waals surface area contributed by atoms with Gasteiger partial charge >= 0.3 is 12.1 Å². The van der Waals surface area contributed by atoms with Gasteiger partial charge in [-0.15, -0.1) is 0 Å². The van der Waals surface area contributed by atoms with Crippen LogP contribution in [0.2, 0.25) is 0 Å². The van der Waals surface area contributed by atoms with Gasteiger partial charge in [0.05, 0.1) is 12.6 Å². The molecule has 0 aromatic carbocycles. The molecule has 0 aliphatic carbocycles. The van der Waals surface area contributed by atoms with Gasteiger partial charge in [0.1, 0.15) is 6.04 Å². The average Bonchev–Trinajstić information content (AvgIpc) is 2.86. The fourth-order valence-electron chi connectivity index (χ4n) is 1.58. The third-order valence-electron chi connectivity index (χ3n) is 2.71. The van der Waals surface area contributed by atoms with Crippen LogP contribution in [-0.2, 0) is 9.59 Å². The van der Waals surface area contributed by atoms with Crippen molar-refractivity contribution in [3.63, 3.8) is 0 Å². The molecule has 7 nitrogen and oxygen atoms in total. The summed E-state index contributed by atoms with van der Waals surface area (Å²) in [6.45, 7) is 3.42. The first kappa shape index (κ1) is 19.1. The summed E-state index contributed by atoms with van der Waals surface area (Å²) < 4.78 is 31.7. The van der Waals surface area contributed by atoms with E-state index in [9.17, 15) is 18.0 Å². The number of hydrogen-bond acceptors (Lipinski definition) is 5. The summed E-state index contributed by atoms with van der Waals surface area (Å²) in [7, 11) is 0. The van der Waals surface area contributed by atoms with Crippen LogP contribution >= 0.6 is 0 Å². The number of carboxylic acid groups (broad SMARTS) is 1. The highest BCUT2D eigenvalue weighted by Crippen LogP contribution is 2.16. The zero-order valence-corrected chi connectivity index (χ0v) is 11.4. The third-order valence-corrected chi connectivity index (χ3v) is 2.71. The number of nitrogens with two attached hydrogens (primary N) is 1. The van der Waals surface area contributed by atoms with Crippen LogP contribution < -0.4 is 5.84 Å². The van der Waals surface area contributed by atoms with Crippen molar-refractivity contribution < 1.29 is 27.9 Å². The van der Waals surface area contributed by atoms with E-state index in [0.717, 1.165) is 12.8 Å². The Morgan fingerprint density at radius 1 is 1.52 bits per heavy atom. The van der Waals surface area contributed by atoms with Crippen molar-refractivity contribution in [3.8, 4) is 6.07 Å². The van der Waals surface area contributed by atoms with Crippen LogP contribution in [0, 0.1) is 11.3 Å². The second-order valence-corrected chi connectivity index (χ2v) is 4.24. The monoisotopic (exact) mass is 310 g/mol. The summed E-state index contributed by atoms with van der Waals surface area (Å²) in [4.78, 5) is 22.2. The number of aliphatic carboxylic acids is 1. The van der Waals surface area contributed by atoms with Crippen molar-refractivity contribution in [2.75, 3.05) is 19.6 Å². The zero-order chi connectivity index (χ0) is 16.6. The molecule has 1 aliphatic rings. The smallest absolute Gasteiger partial charge is 0.475 e. The molecule has 1 saturated heterocycles. The van der Waals surface area contributed by atoms with Gasteiger partial charge in [-0.05, 0) is 12.8 Å². The molecule has 1 rings (SSSR count). The summed E-state index contributed by atoms with van der Waals surface area (Å²) in [5, 5.41) is 17.4. The lowest BCUT2D eigenvalue weighted by molar-refractivity contribution is -0.192. The maximum absolute atomic E-state index is 11.6. The fourth-order valence-corrected chi connectivity index (χ4v) is 1.58. The molecule has 0 spiro atoms. The number of carbonyl (C=O) groups excluding carboxylic acids is 1. The molecule has 1 atom stereocenters. The summed E-state index contributed by atoms with van der Waals surface area (Å²) in [5.41, 5.74) is 0. The highest BCUT2D eigenvalue weighted by Gasteiger charge is 2.38. The minimum atomic E-state index is -5.08. The van der Waals surface area contributed by atoms with Crippen LogP contribution in [-0.4, -0.2) is 58.7 Å². The van der Waals surface area contributed by atoms with E-state index in [0.29, 0.717) is 13.1 Å². The summed E-state index contributed by atoms with van der Waals surface area (Å²) >= 11 is 0. The molecule has 1 aliphatic heterocycles. The molecule has 10 heteroatoms. The number of amides is 1. The molecule has 0 aromatic heterocycles. The van der Waals surface area contributed by atoms with E-state index in [4.69, 9.17) is 21.0 Å². The van der Waals surface area contributed by atoms with Crippen LogP contribution in [0.15, 0.2) is 0 Å². The second-order valence-electron chi connectivity index (χ2n) is 4.24. The highest BCUT2D eigenvalue weighted by molar-refractivity contribution is 5.79. The minimum absolute atomic E-state index is 0.0431. The molecule has 3 N–H and O–H groups in total. The molecule has 0 radical (unpaired) electrons. The van der Waals surface area contributed by atoms with E-state index in [-0.39, 0.29) is 18.5 Å². The quantitative estimate of drug-likeness (QED) is 0.574. The Morgan fingerprint density at radius 3 is 2.43 bits per heavy atom. The van der Waals surface area contributed by atoms with Crippen molar-refractivity contribution in [2.45, 2.75) is 32.0 Å². The number of rotatable bonds is 3. The number of nitriles is 1. The standard InChI is InChI=1S/C9H16N4O.C2HF3O2/c1-2-12(11)7-9(14)13-5-3-4-8(13)6-10;3-2(4,5)1(6)7/h8H,2-5,7,11H2,1H3;(H,6,7). The predicted molar refractivity (Wildman–Crippen MR) is 65.5 cm³/mol. The topological polar surface area (TPSA) is 111 Å². The van der Waals surface area contributed by atoms with Crippen molar-refractivity contribution in [3.05, 3.63) is 0 Å². The van der Waals surface area contributed by atoms with Crippen molar-refractivity contribution >= 4 is 11.9 Å². The van der Waals surface area contributed by atoms with Gasteiger partial charge in [-0.25, -0.2) is 9.80 Å². The van der Waals surface area contributed by atoms with Crippen LogP contribution in [0.4, 0.5) is 13.2 Å². The highest BCUT2D eigenvalue weighted by atomic mass is 19.4. The number of carbonyl (C=O) groups is 2. The van der Waals surface area contributed by atoms with Crippen molar-refractivity contribution in [1.29, 1.82) is 5.26 Å². The number of alkyl halides is 3. The Balaban J connectivity index is 0.000000486. The van der Waals surface area contributed by atoms with E-state index < -0.39 is 12.1 Å². The molecule has 1 heterocycles. The number of nitrogens with zero attached hydrogens (tertiary/aromatic N) is 3. The van der Waals surface area contributed by atoms with Gasteiger partial charge < -0.3 is 10.0 Å².